The van der Waals surface area contributed by atoms with Gasteiger partial charge in [0.2, 0.25) is 0 Å². The molecule has 2 rings (SSSR count). The van der Waals surface area contributed by atoms with Crippen molar-refractivity contribution in [2.45, 2.75) is 32.7 Å². The van der Waals surface area contributed by atoms with Gasteiger partial charge in [0.05, 0.1) is 0 Å². The third kappa shape index (κ3) is 1.22. The number of phenols is 1. The van der Waals surface area contributed by atoms with Crippen LogP contribution in [0.25, 0.3) is 0 Å². The third-order valence-electron chi connectivity index (χ3n) is 3.43. The molecule has 1 aromatic rings. The van der Waals surface area contributed by atoms with E-state index in [1.54, 1.807) is 6.07 Å². The van der Waals surface area contributed by atoms with Gasteiger partial charge in [-0.1, -0.05) is 26.0 Å². The second kappa shape index (κ2) is 2.74. The van der Waals surface area contributed by atoms with E-state index in [1.807, 2.05) is 19.1 Å². The van der Waals surface area contributed by atoms with Gasteiger partial charge < -0.3 is 10.8 Å². The maximum absolute atomic E-state index is 9.80. The summed E-state index contributed by atoms with van der Waals surface area (Å²) in [5, 5.41) is 9.80. The molecular formula is C12H17NO. The van der Waals surface area contributed by atoms with Crippen molar-refractivity contribution in [2.75, 3.05) is 0 Å². The maximum Gasteiger partial charge on any atom is 0.119 e. The van der Waals surface area contributed by atoms with Crippen molar-refractivity contribution in [1.29, 1.82) is 0 Å². The molecule has 2 atom stereocenters. The summed E-state index contributed by atoms with van der Waals surface area (Å²) in [5.41, 5.74) is 8.18. The van der Waals surface area contributed by atoms with Gasteiger partial charge in [0, 0.05) is 12.0 Å². The van der Waals surface area contributed by atoms with Crippen molar-refractivity contribution in [2.24, 2.45) is 11.1 Å². The summed E-state index contributed by atoms with van der Waals surface area (Å²) in [4.78, 5) is 0. The van der Waals surface area contributed by atoms with Crippen molar-refractivity contribution in [3.63, 3.8) is 0 Å². The highest BCUT2D eigenvalue weighted by molar-refractivity contribution is 5.45. The summed E-state index contributed by atoms with van der Waals surface area (Å²) in [7, 11) is 0. The highest BCUT2D eigenvalue weighted by atomic mass is 16.3. The molecule has 3 N–H and O–H groups in total. The van der Waals surface area contributed by atoms with Gasteiger partial charge in [0.25, 0.3) is 0 Å². The van der Waals surface area contributed by atoms with Crippen molar-refractivity contribution in [3.05, 3.63) is 29.3 Å². The Bertz CT molecular complexity index is 371. The summed E-state index contributed by atoms with van der Waals surface area (Å²) >= 11 is 0. The second-order valence-corrected chi connectivity index (χ2v) is 4.89. The highest BCUT2D eigenvalue weighted by Gasteiger charge is 2.56. The van der Waals surface area contributed by atoms with E-state index in [4.69, 9.17) is 5.73 Å². The summed E-state index contributed by atoms with van der Waals surface area (Å²) in [6.07, 6.45) is 0. The summed E-state index contributed by atoms with van der Waals surface area (Å²) < 4.78 is 0. The summed E-state index contributed by atoms with van der Waals surface area (Å²) in [5.74, 6) is 0.694. The molecule has 0 spiro atoms. The number of hydrogen-bond donors (Lipinski definition) is 2. The van der Waals surface area contributed by atoms with E-state index in [-0.39, 0.29) is 11.5 Å². The van der Waals surface area contributed by atoms with Crippen LogP contribution in [0.3, 0.4) is 0 Å². The molecule has 1 saturated carbocycles. The lowest BCUT2D eigenvalue weighted by molar-refractivity contribution is 0.464. The van der Waals surface area contributed by atoms with E-state index in [9.17, 15) is 5.11 Å². The average molecular weight is 191 g/mol. The molecule has 1 aliphatic rings. The van der Waals surface area contributed by atoms with Gasteiger partial charge in [0.1, 0.15) is 5.75 Å². The lowest BCUT2D eigenvalue weighted by Crippen LogP contribution is -2.06. The topological polar surface area (TPSA) is 46.2 Å². The molecule has 76 valence electrons. The Hall–Kier alpha value is -1.02. The Labute approximate surface area is 84.7 Å². The second-order valence-electron chi connectivity index (χ2n) is 4.89. The zero-order chi connectivity index (χ0) is 10.5. The van der Waals surface area contributed by atoms with Gasteiger partial charge in [-0.25, -0.2) is 0 Å². The first-order valence-corrected chi connectivity index (χ1v) is 4.99. The van der Waals surface area contributed by atoms with Gasteiger partial charge in [-0.05, 0) is 29.5 Å². The smallest absolute Gasteiger partial charge is 0.119 e. The normalized spacial score (nSPS) is 28.9. The number of benzene rings is 1. The van der Waals surface area contributed by atoms with E-state index in [2.05, 4.69) is 13.8 Å². The van der Waals surface area contributed by atoms with Crippen molar-refractivity contribution >= 4 is 0 Å². The van der Waals surface area contributed by atoms with Crippen LogP contribution in [0.4, 0.5) is 0 Å². The van der Waals surface area contributed by atoms with Crippen molar-refractivity contribution in [1.82, 2.24) is 0 Å². The summed E-state index contributed by atoms with van der Waals surface area (Å²) in [6.45, 7) is 6.25. The zero-order valence-corrected chi connectivity index (χ0v) is 8.91. The average Bonchev–Trinajstić information content (AvgIpc) is 2.54. The van der Waals surface area contributed by atoms with Gasteiger partial charge >= 0.3 is 0 Å². The predicted molar refractivity (Wildman–Crippen MR) is 57.3 cm³/mol. The van der Waals surface area contributed by atoms with Crippen LogP contribution in [0, 0.1) is 12.3 Å². The molecule has 0 amide bonds. The number of hydrogen-bond acceptors (Lipinski definition) is 2. The van der Waals surface area contributed by atoms with E-state index in [0.717, 1.165) is 11.1 Å². The van der Waals surface area contributed by atoms with Crippen LogP contribution in [-0.2, 0) is 0 Å². The summed E-state index contributed by atoms with van der Waals surface area (Å²) in [6, 6.07) is 5.99. The lowest BCUT2D eigenvalue weighted by Gasteiger charge is -2.06. The molecule has 0 saturated heterocycles. The fraction of sp³-hybridized carbons (Fsp3) is 0.500. The van der Waals surface area contributed by atoms with Gasteiger partial charge in [-0.3, -0.25) is 0 Å². The molecule has 0 aromatic heterocycles. The molecule has 2 unspecified atom stereocenters. The van der Waals surface area contributed by atoms with Crippen molar-refractivity contribution in [3.8, 4) is 5.75 Å². The SMILES string of the molecule is Cc1ccc(C2C(N)C2(C)C)c(O)c1. The molecule has 2 heteroatoms. The Kier molecular flexibility index (Phi) is 1.86. The predicted octanol–water partition coefficient (Wildman–Crippen LogP) is 2.15. The number of phenolic OH excluding ortho intramolecular Hbond substituents is 1. The maximum atomic E-state index is 9.80. The molecule has 2 nitrogen and oxygen atoms in total. The first-order chi connectivity index (χ1) is 6.44. The molecule has 1 aliphatic carbocycles. The largest absolute Gasteiger partial charge is 0.508 e. The molecular weight excluding hydrogens is 174 g/mol. The monoisotopic (exact) mass is 191 g/mol. The van der Waals surface area contributed by atoms with Crippen LogP contribution in [0.2, 0.25) is 0 Å². The minimum atomic E-state index is 0.132. The molecule has 0 heterocycles. The molecule has 14 heavy (non-hydrogen) atoms. The first-order valence-electron chi connectivity index (χ1n) is 4.99. The van der Waals surface area contributed by atoms with E-state index >= 15 is 0 Å². The highest BCUT2D eigenvalue weighted by Crippen LogP contribution is 2.58. The molecule has 0 radical (unpaired) electrons. The number of nitrogens with two attached hydrogens (primary N) is 1. The van der Waals surface area contributed by atoms with Crippen LogP contribution in [0.1, 0.15) is 30.9 Å². The van der Waals surface area contributed by atoms with Crippen LogP contribution in [0.5, 0.6) is 5.75 Å². The Morgan fingerprint density at radius 3 is 2.36 bits per heavy atom. The molecule has 1 fully saturated rings. The Balaban J connectivity index is 2.36. The third-order valence-corrected chi connectivity index (χ3v) is 3.43. The van der Waals surface area contributed by atoms with Crippen molar-refractivity contribution < 1.29 is 5.11 Å². The Morgan fingerprint density at radius 1 is 1.36 bits per heavy atom. The van der Waals surface area contributed by atoms with Gasteiger partial charge in [-0.2, -0.15) is 0 Å². The van der Waals surface area contributed by atoms with Crippen LogP contribution in [0.15, 0.2) is 18.2 Å². The fourth-order valence-corrected chi connectivity index (χ4v) is 2.19. The first kappa shape index (κ1) is 9.53. The quantitative estimate of drug-likeness (QED) is 0.714. The minimum absolute atomic E-state index is 0.132. The van der Waals surface area contributed by atoms with Gasteiger partial charge in [-0.15, -0.1) is 0 Å². The van der Waals surface area contributed by atoms with E-state index < -0.39 is 0 Å². The molecule has 0 bridgehead atoms. The minimum Gasteiger partial charge on any atom is -0.508 e. The number of aryl methyl sites for hydroxylation is 1. The van der Waals surface area contributed by atoms with Crippen LogP contribution in [-0.4, -0.2) is 11.1 Å². The lowest BCUT2D eigenvalue weighted by atomic mass is 10.0. The fourth-order valence-electron chi connectivity index (χ4n) is 2.19. The van der Waals surface area contributed by atoms with Gasteiger partial charge in [0.15, 0.2) is 0 Å². The van der Waals surface area contributed by atoms with E-state index in [1.165, 1.54) is 0 Å². The number of rotatable bonds is 1. The van der Waals surface area contributed by atoms with E-state index in [0.29, 0.717) is 11.7 Å². The molecule has 0 aliphatic heterocycles. The number of aromatic hydroxyl groups is 1. The molecule has 1 aromatic carbocycles. The Morgan fingerprint density at radius 2 is 1.93 bits per heavy atom. The van der Waals surface area contributed by atoms with Crippen LogP contribution < -0.4 is 5.73 Å². The standard InChI is InChI=1S/C12H17NO/c1-7-4-5-8(9(14)6-7)10-11(13)12(10,2)3/h4-6,10-11,14H,13H2,1-3H3. The zero-order valence-electron chi connectivity index (χ0n) is 8.91. The van der Waals surface area contributed by atoms with Crippen LogP contribution >= 0.6 is 0 Å².